The summed E-state index contributed by atoms with van der Waals surface area (Å²) in [5.41, 5.74) is 4.93. The lowest BCUT2D eigenvalue weighted by atomic mass is 9.99. The predicted octanol–water partition coefficient (Wildman–Crippen LogP) is 4.31. The highest BCUT2D eigenvalue weighted by atomic mass is 16.2. The number of benzene rings is 1. The van der Waals surface area contributed by atoms with Crippen LogP contribution in [0, 0.1) is 19.8 Å². The van der Waals surface area contributed by atoms with Crippen LogP contribution in [0.15, 0.2) is 36.5 Å². The number of hydrogen-bond donors (Lipinski definition) is 1. The van der Waals surface area contributed by atoms with E-state index in [-0.39, 0.29) is 5.91 Å². The molecular weight excluding hydrogens is 298 g/mol. The van der Waals surface area contributed by atoms with Gasteiger partial charge in [0.25, 0.3) is 5.91 Å². The van der Waals surface area contributed by atoms with E-state index < -0.39 is 0 Å². The molecule has 0 spiro atoms. The van der Waals surface area contributed by atoms with E-state index in [1.165, 1.54) is 11.1 Å². The van der Waals surface area contributed by atoms with Gasteiger partial charge in [0.05, 0.1) is 0 Å². The molecule has 0 bridgehead atoms. The van der Waals surface area contributed by atoms with Crippen molar-refractivity contribution in [2.45, 2.75) is 33.6 Å². The first-order valence-corrected chi connectivity index (χ1v) is 8.63. The Morgan fingerprint density at radius 2 is 1.96 bits per heavy atom. The molecule has 1 amide bonds. The van der Waals surface area contributed by atoms with E-state index in [1.54, 1.807) is 6.20 Å². The van der Waals surface area contributed by atoms with Crippen molar-refractivity contribution in [3.8, 4) is 0 Å². The number of amides is 1. The molecule has 1 saturated heterocycles. The Hall–Kier alpha value is -2.36. The molecule has 0 radical (unpaired) electrons. The standard InChI is InChI=1S/C20H25N3O/c1-14-8-11-23(12-9-14)20(24)19-13-17(7-10-21-19)22-18-6-4-5-15(2)16(18)3/h4-7,10,13-14H,8-9,11-12H2,1-3H3,(H,21,22). The topological polar surface area (TPSA) is 45.2 Å². The van der Waals surface area contributed by atoms with E-state index in [2.05, 4.69) is 43.2 Å². The smallest absolute Gasteiger partial charge is 0.272 e. The summed E-state index contributed by atoms with van der Waals surface area (Å²) in [6.07, 6.45) is 3.85. The van der Waals surface area contributed by atoms with Crippen LogP contribution in [0.4, 0.5) is 11.4 Å². The molecule has 0 unspecified atom stereocenters. The quantitative estimate of drug-likeness (QED) is 0.915. The number of likely N-dealkylation sites (tertiary alicyclic amines) is 1. The fraction of sp³-hybridized carbons (Fsp3) is 0.400. The highest BCUT2D eigenvalue weighted by Crippen LogP contribution is 2.24. The number of aromatic nitrogens is 1. The summed E-state index contributed by atoms with van der Waals surface area (Å²) in [6, 6.07) is 9.93. The first-order valence-electron chi connectivity index (χ1n) is 8.63. The molecule has 1 aromatic carbocycles. The molecule has 2 aromatic rings. The van der Waals surface area contributed by atoms with Crippen LogP contribution in [0.1, 0.15) is 41.4 Å². The third-order valence-corrected chi connectivity index (χ3v) is 4.93. The number of nitrogens with one attached hydrogen (secondary N) is 1. The van der Waals surface area contributed by atoms with Gasteiger partial charge in [-0.05, 0) is 61.9 Å². The number of carbonyl (C=O) groups is 1. The lowest BCUT2D eigenvalue weighted by Crippen LogP contribution is -2.38. The summed E-state index contributed by atoms with van der Waals surface area (Å²) >= 11 is 0. The zero-order valence-electron chi connectivity index (χ0n) is 14.7. The highest BCUT2D eigenvalue weighted by Gasteiger charge is 2.22. The van der Waals surface area contributed by atoms with E-state index in [1.807, 2.05) is 23.1 Å². The largest absolute Gasteiger partial charge is 0.355 e. The molecule has 1 aliphatic heterocycles. The van der Waals surface area contributed by atoms with Crippen LogP contribution in [0.2, 0.25) is 0 Å². The molecular formula is C20H25N3O. The first kappa shape index (κ1) is 16.5. The minimum absolute atomic E-state index is 0.0338. The van der Waals surface area contributed by atoms with Crippen LogP contribution < -0.4 is 5.32 Å². The maximum Gasteiger partial charge on any atom is 0.272 e. The molecule has 1 aliphatic rings. The van der Waals surface area contributed by atoms with Crippen molar-refractivity contribution in [3.05, 3.63) is 53.3 Å². The van der Waals surface area contributed by atoms with Gasteiger partial charge in [-0.25, -0.2) is 0 Å². The average Bonchev–Trinajstić information content (AvgIpc) is 2.59. The Morgan fingerprint density at radius 1 is 1.21 bits per heavy atom. The fourth-order valence-corrected chi connectivity index (χ4v) is 3.04. The Morgan fingerprint density at radius 3 is 2.71 bits per heavy atom. The number of carbonyl (C=O) groups excluding carboxylic acids is 1. The molecule has 0 saturated carbocycles. The second kappa shape index (κ2) is 7.04. The number of nitrogens with zero attached hydrogens (tertiary/aromatic N) is 2. The zero-order chi connectivity index (χ0) is 17.1. The van der Waals surface area contributed by atoms with E-state index in [9.17, 15) is 4.79 Å². The molecule has 1 fully saturated rings. The normalized spacial score (nSPS) is 15.4. The molecule has 3 rings (SSSR count). The third kappa shape index (κ3) is 3.58. The van der Waals surface area contributed by atoms with Gasteiger partial charge < -0.3 is 10.2 Å². The van der Waals surface area contributed by atoms with Gasteiger partial charge >= 0.3 is 0 Å². The lowest BCUT2D eigenvalue weighted by Gasteiger charge is -2.30. The monoisotopic (exact) mass is 323 g/mol. The van der Waals surface area contributed by atoms with Crippen molar-refractivity contribution >= 4 is 17.3 Å². The number of pyridine rings is 1. The number of aryl methyl sites for hydroxylation is 1. The van der Waals surface area contributed by atoms with E-state index in [0.29, 0.717) is 11.6 Å². The van der Waals surface area contributed by atoms with Crippen molar-refractivity contribution in [2.75, 3.05) is 18.4 Å². The molecule has 0 aliphatic carbocycles. The van der Waals surface area contributed by atoms with Crippen LogP contribution in [0.3, 0.4) is 0 Å². The molecule has 126 valence electrons. The van der Waals surface area contributed by atoms with Gasteiger partial charge in [0.15, 0.2) is 0 Å². The van der Waals surface area contributed by atoms with Crippen LogP contribution in [0.25, 0.3) is 0 Å². The van der Waals surface area contributed by atoms with Gasteiger partial charge in [-0.3, -0.25) is 9.78 Å². The zero-order valence-corrected chi connectivity index (χ0v) is 14.7. The maximum absolute atomic E-state index is 12.7. The first-order chi connectivity index (χ1) is 11.5. The maximum atomic E-state index is 12.7. The number of piperidine rings is 1. The summed E-state index contributed by atoms with van der Waals surface area (Å²) in [6.45, 7) is 8.10. The highest BCUT2D eigenvalue weighted by molar-refractivity contribution is 5.93. The molecule has 0 atom stereocenters. The van der Waals surface area contributed by atoms with Gasteiger partial charge in [-0.15, -0.1) is 0 Å². The van der Waals surface area contributed by atoms with Crippen LogP contribution in [-0.4, -0.2) is 28.9 Å². The predicted molar refractivity (Wildman–Crippen MR) is 97.7 cm³/mol. The molecule has 4 heteroatoms. The Kier molecular flexibility index (Phi) is 4.84. The van der Waals surface area contributed by atoms with Gasteiger partial charge in [0.1, 0.15) is 5.69 Å². The summed E-state index contributed by atoms with van der Waals surface area (Å²) in [4.78, 5) is 18.9. The van der Waals surface area contributed by atoms with Gasteiger partial charge in [-0.2, -0.15) is 0 Å². The summed E-state index contributed by atoms with van der Waals surface area (Å²) in [5, 5.41) is 3.41. The van der Waals surface area contributed by atoms with E-state index >= 15 is 0 Å². The van der Waals surface area contributed by atoms with Crippen LogP contribution in [-0.2, 0) is 0 Å². The minimum atomic E-state index is 0.0338. The Balaban J connectivity index is 1.76. The molecule has 1 aromatic heterocycles. The van der Waals surface area contributed by atoms with Crippen molar-refractivity contribution < 1.29 is 4.79 Å². The van der Waals surface area contributed by atoms with Gasteiger partial charge in [0, 0.05) is 30.7 Å². The summed E-state index contributed by atoms with van der Waals surface area (Å²) < 4.78 is 0. The van der Waals surface area contributed by atoms with Crippen LogP contribution >= 0.6 is 0 Å². The van der Waals surface area contributed by atoms with Crippen LogP contribution in [0.5, 0.6) is 0 Å². The summed E-state index contributed by atoms with van der Waals surface area (Å²) in [5.74, 6) is 0.741. The fourth-order valence-electron chi connectivity index (χ4n) is 3.04. The second-order valence-electron chi connectivity index (χ2n) is 6.78. The van der Waals surface area contributed by atoms with Gasteiger partial charge in [0.2, 0.25) is 0 Å². The van der Waals surface area contributed by atoms with E-state index in [4.69, 9.17) is 0 Å². The molecule has 4 nitrogen and oxygen atoms in total. The lowest BCUT2D eigenvalue weighted by molar-refractivity contribution is 0.0691. The van der Waals surface area contributed by atoms with Crippen molar-refractivity contribution in [1.82, 2.24) is 9.88 Å². The average molecular weight is 323 g/mol. The van der Waals surface area contributed by atoms with Crippen molar-refractivity contribution in [1.29, 1.82) is 0 Å². The summed E-state index contributed by atoms with van der Waals surface area (Å²) in [7, 11) is 0. The van der Waals surface area contributed by atoms with Gasteiger partial charge in [-0.1, -0.05) is 19.1 Å². The molecule has 2 heterocycles. The third-order valence-electron chi connectivity index (χ3n) is 4.93. The SMILES string of the molecule is Cc1cccc(Nc2ccnc(C(=O)N3CCC(C)CC3)c2)c1C. The van der Waals surface area contributed by atoms with E-state index in [0.717, 1.165) is 37.3 Å². The number of hydrogen-bond acceptors (Lipinski definition) is 3. The minimum Gasteiger partial charge on any atom is -0.355 e. The number of anilines is 2. The van der Waals surface area contributed by atoms with Crippen molar-refractivity contribution in [3.63, 3.8) is 0 Å². The Bertz CT molecular complexity index is 733. The van der Waals surface area contributed by atoms with Crippen molar-refractivity contribution in [2.24, 2.45) is 5.92 Å². The Labute approximate surface area is 143 Å². The molecule has 1 N–H and O–H groups in total. The molecule has 24 heavy (non-hydrogen) atoms. The second-order valence-corrected chi connectivity index (χ2v) is 6.78. The number of rotatable bonds is 3.